The van der Waals surface area contributed by atoms with E-state index in [4.69, 9.17) is 0 Å². The summed E-state index contributed by atoms with van der Waals surface area (Å²) >= 11 is 0. The summed E-state index contributed by atoms with van der Waals surface area (Å²) in [6, 6.07) is 0. The van der Waals surface area contributed by atoms with E-state index < -0.39 is 0 Å². The second kappa shape index (κ2) is 4.56. The molecule has 1 aliphatic carbocycles. The molecule has 1 saturated heterocycles. The number of carbonyl (C=O) groups excluding carboxylic acids is 2. The molecule has 3 nitrogen and oxygen atoms in total. The molecule has 0 spiro atoms. The quantitative estimate of drug-likeness (QED) is 0.687. The van der Waals surface area contributed by atoms with Crippen molar-refractivity contribution in [3.63, 3.8) is 0 Å². The van der Waals surface area contributed by atoms with Gasteiger partial charge in [-0.2, -0.15) is 0 Å². The van der Waals surface area contributed by atoms with Crippen molar-refractivity contribution in [1.29, 1.82) is 0 Å². The minimum absolute atomic E-state index is 0.0518. The Morgan fingerprint density at radius 2 is 1.94 bits per heavy atom. The number of piperidine rings is 1. The molecule has 0 radical (unpaired) electrons. The van der Waals surface area contributed by atoms with Crippen LogP contribution in [0.15, 0.2) is 0 Å². The van der Waals surface area contributed by atoms with Gasteiger partial charge >= 0.3 is 0 Å². The van der Waals surface area contributed by atoms with Gasteiger partial charge in [0, 0.05) is 19.5 Å². The van der Waals surface area contributed by atoms with Crippen molar-refractivity contribution >= 4 is 11.7 Å². The molecule has 0 N–H and O–H groups in total. The Kier molecular flexibility index (Phi) is 3.31. The first-order valence-corrected chi connectivity index (χ1v) is 6.45. The molecule has 2 fully saturated rings. The maximum absolute atomic E-state index is 11.8. The fraction of sp³-hybridized carbons (Fsp3) is 0.846. The van der Waals surface area contributed by atoms with Crippen molar-refractivity contribution in [3.05, 3.63) is 0 Å². The average Bonchev–Trinajstić information content (AvgIpc) is 2.72. The highest BCUT2D eigenvalue weighted by Gasteiger charge is 2.36. The molecule has 2 rings (SSSR count). The molecule has 1 heterocycles. The fourth-order valence-electron chi connectivity index (χ4n) is 3.07. The summed E-state index contributed by atoms with van der Waals surface area (Å²) in [7, 11) is 0. The molecule has 1 aliphatic heterocycles. The highest BCUT2D eigenvalue weighted by molar-refractivity contribution is 6.00. The Morgan fingerprint density at radius 1 is 1.25 bits per heavy atom. The smallest absolute Gasteiger partial charge is 0.230 e. The van der Waals surface area contributed by atoms with Gasteiger partial charge in [0.25, 0.3) is 0 Å². The second-order valence-corrected chi connectivity index (χ2v) is 5.34. The predicted octanol–water partition coefficient (Wildman–Crippen LogP) is 2.15. The zero-order chi connectivity index (χ0) is 11.6. The lowest BCUT2D eigenvalue weighted by Gasteiger charge is -2.36. The van der Waals surface area contributed by atoms with Gasteiger partial charge in [-0.05, 0) is 24.7 Å². The number of hydrogen-bond acceptors (Lipinski definition) is 2. The number of Topliss-reactive ketones (excluding diaryl/α,β-unsaturated/α-hetero) is 1. The summed E-state index contributed by atoms with van der Waals surface area (Å²) in [6.45, 7) is 3.76. The first-order chi connectivity index (χ1) is 7.65. The van der Waals surface area contributed by atoms with Gasteiger partial charge in [0.1, 0.15) is 5.78 Å². The van der Waals surface area contributed by atoms with Crippen LogP contribution < -0.4 is 0 Å². The summed E-state index contributed by atoms with van der Waals surface area (Å²) in [4.78, 5) is 24.8. The summed E-state index contributed by atoms with van der Waals surface area (Å²) in [5, 5.41) is 0. The Hall–Kier alpha value is -0.860. The zero-order valence-electron chi connectivity index (χ0n) is 10.1. The van der Waals surface area contributed by atoms with Gasteiger partial charge in [-0.25, -0.2) is 0 Å². The predicted molar refractivity (Wildman–Crippen MR) is 62.0 cm³/mol. The third kappa shape index (κ3) is 2.28. The fourth-order valence-corrected chi connectivity index (χ4v) is 3.07. The largest absolute Gasteiger partial charge is 0.341 e. The molecule has 0 aromatic rings. The van der Waals surface area contributed by atoms with Crippen LogP contribution in [0.2, 0.25) is 0 Å². The Balaban J connectivity index is 1.98. The molecule has 2 aliphatic rings. The number of hydrogen-bond donors (Lipinski definition) is 0. The highest BCUT2D eigenvalue weighted by atomic mass is 16.2. The van der Waals surface area contributed by atoms with Crippen LogP contribution in [0.1, 0.15) is 51.9 Å². The molecule has 1 amide bonds. The van der Waals surface area contributed by atoms with E-state index in [-0.39, 0.29) is 18.1 Å². The van der Waals surface area contributed by atoms with Crippen LogP contribution in [0.4, 0.5) is 0 Å². The third-order valence-corrected chi connectivity index (χ3v) is 4.30. The van der Waals surface area contributed by atoms with Crippen molar-refractivity contribution in [2.45, 2.75) is 51.9 Å². The van der Waals surface area contributed by atoms with Crippen LogP contribution in [-0.4, -0.2) is 29.7 Å². The molecule has 3 heteroatoms. The maximum atomic E-state index is 11.8. The molecule has 0 atom stereocenters. The Labute approximate surface area is 97.2 Å². The molecule has 1 saturated carbocycles. The lowest BCUT2D eigenvalue weighted by Crippen LogP contribution is -2.44. The molecule has 0 aromatic carbocycles. The molecule has 90 valence electrons. The van der Waals surface area contributed by atoms with Crippen LogP contribution in [0.25, 0.3) is 0 Å². The molecule has 16 heavy (non-hydrogen) atoms. The van der Waals surface area contributed by atoms with Gasteiger partial charge in [-0.1, -0.05) is 19.8 Å². The number of amides is 1. The molecule has 0 unspecified atom stereocenters. The van der Waals surface area contributed by atoms with Crippen molar-refractivity contribution < 1.29 is 9.59 Å². The summed E-state index contributed by atoms with van der Waals surface area (Å²) in [5.74, 6) is 0.161. The van der Waals surface area contributed by atoms with Gasteiger partial charge in [0.2, 0.25) is 5.91 Å². The standard InChI is InChI=1S/C13H21NO2/c1-2-13(6-3-4-7-13)10-14-8-5-11(15)9-12(14)16/h2-10H2,1H3. The van der Waals surface area contributed by atoms with Gasteiger partial charge in [0.05, 0.1) is 6.42 Å². The number of nitrogens with zero attached hydrogens (tertiary/aromatic N) is 1. The van der Waals surface area contributed by atoms with E-state index in [2.05, 4.69) is 6.92 Å². The van der Waals surface area contributed by atoms with Gasteiger partial charge in [-0.15, -0.1) is 0 Å². The van der Waals surface area contributed by atoms with Crippen LogP contribution in [0.5, 0.6) is 0 Å². The Morgan fingerprint density at radius 3 is 2.50 bits per heavy atom. The first-order valence-electron chi connectivity index (χ1n) is 6.45. The lowest BCUT2D eigenvalue weighted by molar-refractivity contribution is -0.140. The number of carbonyl (C=O) groups is 2. The van der Waals surface area contributed by atoms with Crippen molar-refractivity contribution in [3.8, 4) is 0 Å². The second-order valence-electron chi connectivity index (χ2n) is 5.34. The van der Waals surface area contributed by atoms with E-state index in [0.29, 0.717) is 18.4 Å². The summed E-state index contributed by atoms with van der Waals surface area (Å²) in [6.07, 6.45) is 6.96. The molecule has 0 bridgehead atoms. The summed E-state index contributed by atoms with van der Waals surface area (Å²) < 4.78 is 0. The van der Waals surface area contributed by atoms with Crippen molar-refractivity contribution in [2.75, 3.05) is 13.1 Å². The lowest BCUT2D eigenvalue weighted by atomic mass is 9.82. The van der Waals surface area contributed by atoms with Crippen LogP contribution in [0.3, 0.4) is 0 Å². The SMILES string of the molecule is CCC1(CN2CCC(=O)CC2=O)CCCC1. The molecular formula is C13H21NO2. The van der Waals surface area contributed by atoms with Crippen LogP contribution in [0, 0.1) is 5.41 Å². The van der Waals surface area contributed by atoms with E-state index in [0.717, 1.165) is 13.0 Å². The number of rotatable bonds is 3. The van der Waals surface area contributed by atoms with Crippen LogP contribution >= 0.6 is 0 Å². The molecular weight excluding hydrogens is 202 g/mol. The normalized spacial score (nSPS) is 25.2. The van der Waals surface area contributed by atoms with E-state index in [1.165, 1.54) is 25.7 Å². The number of likely N-dealkylation sites (tertiary alicyclic amines) is 1. The third-order valence-electron chi connectivity index (χ3n) is 4.30. The molecule has 0 aromatic heterocycles. The first kappa shape index (κ1) is 11.6. The van der Waals surface area contributed by atoms with E-state index >= 15 is 0 Å². The zero-order valence-corrected chi connectivity index (χ0v) is 10.1. The van der Waals surface area contributed by atoms with Crippen molar-refractivity contribution in [1.82, 2.24) is 4.90 Å². The van der Waals surface area contributed by atoms with Gasteiger partial charge < -0.3 is 4.90 Å². The minimum Gasteiger partial charge on any atom is -0.341 e. The number of ketones is 1. The summed E-state index contributed by atoms with van der Waals surface area (Å²) in [5.41, 5.74) is 0.357. The monoisotopic (exact) mass is 223 g/mol. The van der Waals surface area contributed by atoms with Crippen LogP contribution in [-0.2, 0) is 9.59 Å². The average molecular weight is 223 g/mol. The van der Waals surface area contributed by atoms with E-state index in [1.807, 2.05) is 4.90 Å². The van der Waals surface area contributed by atoms with E-state index in [9.17, 15) is 9.59 Å². The van der Waals surface area contributed by atoms with Gasteiger partial charge in [-0.3, -0.25) is 9.59 Å². The van der Waals surface area contributed by atoms with E-state index in [1.54, 1.807) is 0 Å². The minimum atomic E-state index is 0.0518. The maximum Gasteiger partial charge on any atom is 0.230 e. The van der Waals surface area contributed by atoms with Gasteiger partial charge in [0.15, 0.2) is 0 Å². The van der Waals surface area contributed by atoms with Crippen molar-refractivity contribution in [2.24, 2.45) is 5.41 Å². The topological polar surface area (TPSA) is 37.4 Å². The Bertz CT molecular complexity index is 292. The highest BCUT2D eigenvalue weighted by Crippen LogP contribution is 2.41.